The number of hydrogen-bond acceptors (Lipinski definition) is 1. The van der Waals surface area contributed by atoms with Crippen molar-refractivity contribution in [2.75, 3.05) is 0 Å². The van der Waals surface area contributed by atoms with Gasteiger partial charge in [-0.25, -0.2) is 0 Å². The largest absolute Gasteiger partial charge is 0.266 e. The van der Waals surface area contributed by atoms with Crippen molar-refractivity contribution in [2.45, 2.75) is 35.1 Å². The molecule has 0 aliphatic heterocycles. The van der Waals surface area contributed by atoms with E-state index in [0.717, 1.165) is 0 Å². The molecule has 64 valence electrons. The fourth-order valence-corrected chi connectivity index (χ4v) is 4.66. The number of hydrogen-bond donors (Lipinski definition) is 0. The second-order valence-electron chi connectivity index (χ2n) is 4.37. The molecule has 3 fully saturated rings. The Balaban J connectivity index is 1.93. The summed E-state index contributed by atoms with van der Waals surface area (Å²) in [6, 6.07) is 0. The van der Waals surface area contributed by atoms with Gasteiger partial charge in [0.15, 0.2) is 0 Å². The third-order valence-electron chi connectivity index (χ3n) is 3.14. The van der Waals surface area contributed by atoms with E-state index in [4.69, 9.17) is 0 Å². The number of halogens is 1. The molecule has 3 aliphatic carbocycles. The van der Waals surface area contributed by atoms with Gasteiger partial charge in [-0.2, -0.15) is 5.10 Å². The molecule has 3 saturated carbocycles. The molecule has 0 radical (unpaired) electrons. The Bertz CT molecular complexity index is 322. The molecular formula is C9H11IN2. The zero-order valence-electron chi connectivity index (χ0n) is 7.05. The summed E-state index contributed by atoms with van der Waals surface area (Å²) in [7, 11) is 0. The summed E-state index contributed by atoms with van der Waals surface area (Å²) >= 11 is 2.60. The van der Waals surface area contributed by atoms with Crippen molar-refractivity contribution in [1.29, 1.82) is 0 Å². The highest BCUT2D eigenvalue weighted by Crippen LogP contribution is 2.69. The molecule has 3 heteroatoms. The number of rotatable bonds is 1. The predicted molar refractivity (Wildman–Crippen MR) is 55.5 cm³/mol. The Morgan fingerprint density at radius 3 is 2.58 bits per heavy atom. The lowest BCUT2D eigenvalue weighted by atomic mass is 9.50. The van der Waals surface area contributed by atoms with Gasteiger partial charge in [-0.3, -0.25) is 4.68 Å². The lowest BCUT2D eigenvalue weighted by molar-refractivity contribution is -0.0564. The first kappa shape index (κ1) is 7.35. The van der Waals surface area contributed by atoms with E-state index in [0.29, 0.717) is 8.96 Å². The summed E-state index contributed by atoms with van der Waals surface area (Å²) in [5.74, 6) is 0. The second kappa shape index (κ2) is 1.89. The third kappa shape index (κ3) is 0.732. The summed E-state index contributed by atoms with van der Waals surface area (Å²) in [6.07, 6.45) is 8.14. The molecule has 1 heterocycles. The van der Waals surface area contributed by atoms with E-state index < -0.39 is 0 Å². The van der Waals surface area contributed by atoms with Gasteiger partial charge in [0.25, 0.3) is 0 Å². The van der Waals surface area contributed by atoms with Crippen molar-refractivity contribution in [1.82, 2.24) is 9.78 Å². The van der Waals surface area contributed by atoms with Crippen LogP contribution in [0.5, 0.6) is 0 Å². The fourth-order valence-electron chi connectivity index (χ4n) is 2.53. The SMILES string of the molecule is Cc1cnn(C23CC(I)(C2)C3)c1. The number of alkyl halides is 1. The zero-order valence-corrected chi connectivity index (χ0v) is 9.21. The Morgan fingerprint density at radius 2 is 2.17 bits per heavy atom. The molecule has 3 aliphatic rings. The van der Waals surface area contributed by atoms with Crippen LogP contribution in [0.25, 0.3) is 0 Å². The van der Waals surface area contributed by atoms with Crippen molar-refractivity contribution < 1.29 is 0 Å². The van der Waals surface area contributed by atoms with E-state index in [2.05, 4.69) is 45.5 Å². The predicted octanol–water partition coefficient (Wildman–Crippen LogP) is 2.26. The molecule has 12 heavy (non-hydrogen) atoms. The topological polar surface area (TPSA) is 17.8 Å². The van der Waals surface area contributed by atoms with Gasteiger partial charge in [0.05, 0.1) is 11.7 Å². The van der Waals surface area contributed by atoms with Crippen LogP contribution in [0, 0.1) is 6.92 Å². The Hall–Kier alpha value is -0.0600. The number of aryl methyl sites for hydroxylation is 1. The average molecular weight is 274 g/mol. The van der Waals surface area contributed by atoms with E-state index in [-0.39, 0.29) is 0 Å². The summed E-state index contributed by atoms with van der Waals surface area (Å²) in [5, 5.41) is 4.39. The molecule has 0 saturated heterocycles. The van der Waals surface area contributed by atoms with Crippen LogP contribution < -0.4 is 0 Å². The normalized spacial score (nSPS) is 43.5. The Morgan fingerprint density at radius 1 is 1.50 bits per heavy atom. The molecule has 0 unspecified atom stereocenters. The van der Waals surface area contributed by atoms with Crippen molar-refractivity contribution in [2.24, 2.45) is 0 Å². The molecule has 4 rings (SSSR count). The van der Waals surface area contributed by atoms with Crippen LogP contribution in [0.15, 0.2) is 12.4 Å². The van der Waals surface area contributed by atoms with E-state index in [1.807, 2.05) is 6.20 Å². The smallest absolute Gasteiger partial charge is 0.0665 e. The Labute approximate surface area is 85.5 Å². The molecule has 2 bridgehead atoms. The summed E-state index contributed by atoms with van der Waals surface area (Å²) < 4.78 is 2.83. The van der Waals surface area contributed by atoms with Crippen LogP contribution in [0.4, 0.5) is 0 Å². The minimum absolute atomic E-state index is 0.440. The lowest BCUT2D eigenvalue weighted by Crippen LogP contribution is -2.69. The molecular weight excluding hydrogens is 263 g/mol. The molecule has 1 aromatic heterocycles. The van der Waals surface area contributed by atoms with Gasteiger partial charge in [0.1, 0.15) is 0 Å². The first-order valence-corrected chi connectivity index (χ1v) is 5.41. The van der Waals surface area contributed by atoms with E-state index in [1.165, 1.54) is 24.8 Å². The van der Waals surface area contributed by atoms with Crippen molar-refractivity contribution in [3.05, 3.63) is 18.0 Å². The summed E-state index contributed by atoms with van der Waals surface area (Å²) in [6.45, 7) is 2.11. The van der Waals surface area contributed by atoms with Crippen LogP contribution in [0.1, 0.15) is 24.8 Å². The van der Waals surface area contributed by atoms with Gasteiger partial charge in [0, 0.05) is 9.62 Å². The maximum absolute atomic E-state index is 4.39. The maximum atomic E-state index is 4.39. The highest BCUT2D eigenvalue weighted by atomic mass is 127. The van der Waals surface area contributed by atoms with Gasteiger partial charge in [-0.1, -0.05) is 22.6 Å². The van der Waals surface area contributed by atoms with Gasteiger partial charge < -0.3 is 0 Å². The van der Waals surface area contributed by atoms with E-state index >= 15 is 0 Å². The molecule has 2 nitrogen and oxygen atoms in total. The highest BCUT2D eigenvalue weighted by molar-refractivity contribution is 14.1. The second-order valence-corrected chi connectivity index (χ2v) is 6.66. The number of aromatic nitrogens is 2. The minimum Gasteiger partial charge on any atom is -0.266 e. The van der Waals surface area contributed by atoms with Gasteiger partial charge in [-0.05, 0) is 31.7 Å². The van der Waals surface area contributed by atoms with Gasteiger partial charge in [0.2, 0.25) is 0 Å². The first-order valence-electron chi connectivity index (χ1n) is 4.33. The van der Waals surface area contributed by atoms with E-state index in [9.17, 15) is 0 Å². The van der Waals surface area contributed by atoms with Crippen LogP contribution in [0.2, 0.25) is 0 Å². The highest BCUT2D eigenvalue weighted by Gasteiger charge is 2.68. The third-order valence-corrected chi connectivity index (χ3v) is 4.28. The van der Waals surface area contributed by atoms with E-state index in [1.54, 1.807) is 0 Å². The quantitative estimate of drug-likeness (QED) is 0.567. The van der Waals surface area contributed by atoms with Crippen molar-refractivity contribution in [3.63, 3.8) is 0 Å². The first-order chi connectivity index (χ1) is 5.62. The standard InChI is InChI=1S/C9H11IN2/c1-7-2-11-12(3-7)9-4-8(10,5-9)6-9/h2-3H,4-6H2,1H3. The molecule has 0 N–H and O–H groups in total. The van der Waals surface area contributed by atoms with Gasteiger partial charge in [-0.15, -0.1) is 0 Å². The maximum Gasteiger partial charge on any atom is 0.0665 e. The fraction of sp³-hybridized carbons (Fsp3) is 0.667. The summed E-state index contributed by atoms with van der Waals surface area (Å²) in [4.78, 5) is 0. The van der Waals surface area contributed by atoms with Crippen LogP contribution in [-0.4, -0.2) is 13.2 Å². The zero-order chi connectivity index (χ0) is 8.40. The molecule has 0 spiro atoms. The minimum atomic E-state index is 0.440. The van der Waals surface area contributed by atoms with Crippen LogP contribution in [-0.2, 0) is 5.54 Å². The average Bonchev–Trinajstić information content (AvgIpc) is 2.26. The van der Waals surface area contributed by atoms with Crippen molar-refractivity contribution in [3.8, 4) is 0 Å². The molecule has 0 atom stereocenters. The molecule has 1 aromatic rings. The van der Waals surface area contributed by atoms with Crippen LogP contribution >= 0.6 is 22.6 Å². The lowest BCUT2D eigenvalue weighted by Gasteiger charge is -2.67. The molecule has 0 aromatic carbocycles. The summed E-state index contributed by atoms with van der Waals surface area (Å²) in [5.41, 5.74) is 1.72. The number of nitrogens with zero attached hydrogens (tertiary/aromatic N) is 2. The molecule has 0 amide bonds. The monoisotopic (exact) mass is 274 g/mol. The van der Waals surface area contributed by atoms with Crippen molar-refractivity contribution >= 4 is 22.6 Å². The Kier molecular flexibility index (Phi) is 1.16. The van der Waals surface area contributed by atoms with Gasteiger partial charge >= 0.3 is 0 Å². The van der Waals surface area contributed by atoms with Crippen LogP contribution in [0.3, 0.4) is 0 Å².